The Morgan fingerprint density at radius 3 is 0.787 bits per heavy atom. The second kappa shape index (κ2) is 51.1. The maximum absolute atomic E-state index is 6.57. The first-order chi connectivity index (χ1) is 39.3. The molecule has 18 heteroatoms. The molecule has 3 unspecified atom stereocenters. The summed E-state index contributed by atoms with van der Waals surface area (Å²) in [6.07, 6.45) is 47.5. The predicted octanol–water partition coefficient (Wildman–Crippen LogP) is 17.7. The van der Waals surface area contributed by atoms with Gasteiger partial charge in [0.15, 0.2) is 0 Å². The van der Waals surface area contributed by atoms with Gasteiger partial charge in [-0.2, -0.15) is 14.3 Å². The minimum absolute atomic E-state index is 0.466. The molecule has 0 radical (unpaired) electrons. The molecule has 3 heterocycles. The van der Waals surface area contributed by atoms with Crippen molar-refractivity contribution in [2.24, 2.45) is 14.3 Å². The Morgan fingerprint density at radius 1 is 0.287 bits per heavy atom. The van der Waals surface area contributed by atoms with Crippen LogP contribution in [0.4, 0.5) is 0 Å². The lowest BCUT2D eigenvalue weighted by molar-refractivity contribution is 0.199. The molecule has 0 N–H and O–H groups in total. The Hall–Kier alpha value is -1.14. The molecule has 3 aliphatic rings. The highest BCUT2D eigenvalue weighted by Gasteiger charge is 2.29. The average Bonchev–Trinajstić information content (AvgIpc) is 4.14. The third kappa shape index (κ3) is 35.3. The molecule has 80 heavy (non-hydrogen) atoms. The number of hydrogen-bond acceptors (Lipinski definition) is 9. The quantitative estimate of drug-likeness (QED) is 0.0427. The molecule has 0 spiro atoms. The topological polar surface area (TPSA) is 112 Å². The Kier molecular flexibility index (Phi) is 46.7. The zero-order valence-electron chi connectivity index (χ0n) is 53.4. The van der Waals surface area contributed by atoms with Gasteiger partial charge in [0.25, 0.3) is 0 Å². The summed E-state index contributed by atoms with van der Waals surface area (Å²) in [6, 6.07) is 0. The predicted molar refractivity (Wildman–Crippen MR) is 346 cm³/mol. The SMILES string of the molecule is CCCCCCCCCCCCN1CCN(C)C1=NP(OC)OCCCOP(N=C1N(C)CCN1CCCCCCCCCCCC)OCCCOP(N=C1N(C)CCN1CCCCCCCCCCCC)OCCCCCCC. The number of rotatable bonds is 56. The van der Waals surface area contributed by atoms with Crippen molar-refractivity contribution in [2.75, 3.05) is 120 Å². The molecule has 3 atom stereocenters. The number of unbranched alkanes of at least 4 members (excludes halogenated alkanes) is 31. The molecule has 3 aliphatic heterocycles. The number of guanidine groups is 3. The molecule has 0 aromatic heterocycles. The van der Waals surface area contributed by atoms with Gasteiger partial charge in [-0.05, 0) is 38.5 Å². The van der Waals surface area contributed by atoms with Crippen LogP contribution in [-0.2, 0) is 27.1 Å². The van der Waals surface area contributed by atoms with E-state index < -0.39 is 25.6 Å². The summed E-state index contributed by atoms with van der Waals surface area (Å²) in [5.74, 6) is 2.99. The highest BCUT2D eigenvalue weighted by molar-refractivity contribution is 7.46. The zero-order chi connectivity index (χ0) is 57.4. The number of likely N-dealkylation sites (N-methyl/N-ethyl adjacent to an activating group) is 3. The summed E-state index contributed by atoms with van der Waals surface area (Å²) in [4.78, 5) is 14.1. The molecule has 15 nitrogen and oxygen atoms in total. The summed E-state index contributed by atoms with van der Waals surface area (Å²) in [5.41, 5.74) is 0. The van der Waals surface area contributed by atoms with Gasteiger partial charge in [0, 0.05) is 87.2 Å². The van der Waals surface area contributed by atoms with E-state index in [0.717, 1.165) is 83.2 Å². The van der Waals surface area contributed by atoms with Crippen molar-refractivity contribution < 1.29 is 27.1 Å². The fourth-order valence-electron chi connectivity index (χ4n) is 10.6. The van der Waals surface area contributed by atoms with Crippen LogP contribution in [0.5, 0.6) is 0 Å². The first kappa shape index (κ1) is 73.1. The molecule has 3 fully saturated rings. The maximum atomic E-state index is 6.57. The second-order valence-electron chi connectivity index (χ2n) is 23.2. The lowest BCUT2D eigenvalue weighted by atomic mass is 10.1. The van der Waals surface area contributed by atoms with Gasteiger partial charge in [0.2, 0.25) is 17.9 Å². The van der Waals surface area contributed by atoms with Gasteiger partial charge in [0.1, 0.15) is 0 Å². The van der Waals surface area contributed by atoms with Gasteiger partial charge in [-0.15, -0.1) is 0 Å². The Bertz CT molecular complexity index is 1530. The first-order valence-electron chi connectivity index (χ1n) is 33.6. The van der Waals surface area contributed by atoms with Crippen LogP contribution in [0.3, 0.4) is 0 Å². The van der Waals surface area contributed by atoms with Gasteiger partial charge in [0.05, 0.1) is 33.0 Å². The largest absolute Gasteiger partial charge is 0.344 e. The summed E-state index contributed by atoms with van der Waals surface area (Å²) in [5, 5.41) is 0. The van der Waals surface area contributed by atoms with Gasteiger partial charge in [-0.1, -0.05) is 227 Å². The molecule has 470 valence electrons. The highest BCUT2D eigenvalue weighted by Crippen LogP contribution is 2.44. The summed E-state index contributed by atoms with van der Waals surface area (Å²) < 4.78 is 53.7. The monoisotopic (exact) mass is 1190 g/mol. The lowest BCUT2D eigenvalue weighted by Gasteiger charge is -2.23. The van der Waals surface area contributed by atoms with Gasteiger partial charge in [-0.25, -0.2) is 0 Å². The third-order valence-electron chi connectivity index (χ3n) is 15.8. The van der Waals surface area contributed by atoms with Crippen molar-refractivity contribution >= 4 is 43.5 Å². The first-order valence-corrected chi connectivity index (χ1v) is 37.0. The average molecular weight is 1190 g/mol. The molecule has 0 bridgehead atoms. The van der Waals surface area contributed by atoms with Crippen LogP contribution in [0, 0.1) is 0 Å². The van der Waals surface area contributed by atoms with Crippen LogP contribution in [-0.4, -0.2) is 167 Å². The van der Waals surface area contributed by atoms with Crippen molar-refractivity contribution in [3.63, 3.8) is 0 Å². The van der Waals surface area contributed by atoms with Gasteiger partial charge in [-0.3, -0.25) is 0 Å². The summed E-state index contributed by atoms with van der Waals surface area (Å²) in [7, 11) is 3.71. The molecule has 0 aliphatic carbocycles. The minimum atomic E-state index is -1.56. The number of nitrogens with zero attached hydrogens (tertiary/aromatic N) is 9. The van der Waals surface area contributed by atoms with Crippen molar-refractivity contribution in [2.45, 2.75) is 265 Å². The molecule has 3 saturated heterocycles. The fraction of sp³-hybridized carbons (Fsp3) is 0.952. The van der Waals surface area contributed by atoms with Crippen LogP contribution >= 0.6 is 25.6 Å². The maximum Gasteiger partial charge on any atom is 0.313 e. The molecular formula is C62H126N9O6P3. The number of hydrogen-bond donors (Lipinski definition) is 0. The molecule has 0 saturated carbocycles. The van der Waals surface area contributed by atoms with Crippen LogP contribution in [0.15, 0.2) is 14.3 Å². The van der Waals surface area contributed by atoms with Crippen molar-refractivity contribution in [1.82, 2.24) is 29.4 Å². The molecule has 0 aromatic carbocycles. The second-order valence-corrected chi connectivity index (χ2v) is 26.8. The molecular weight excluding hydrogens is 1060 g/mol. The highest BCUT2D eigenvalue weighted by atomic mass is 31.2. The smallest absolute Gasteiger partial charge is 0.313 e. The van der Waals surface area contributed by atoms with E-state index in [0.29, 0.717) is 45.9 Å². The van der Waals surface area contributed by atoms with Crippen LogP contribution in [0.2, 0.25) is 0 Å². The third-order valence-corrected chi connectivity index (χ3v) is 19.2. The Morgan fingerprint density at radius 2 is 0.512 bits per heavy atom. The summed E-state index contributed by atoms with van der Waals surface area (Å²) in [6.45, 7) is 20.7. The lowest BCUT2D eigenvalue weighted by Crippen LogP contribution is -2.32. The van der Waals surface area contributed by atoms with E-state index in [1.165, 1.54) is 218 Å². The van der Waals surface area contributed by atoms with E-state index >= 15 is 0 Å². The Balaban J connectivity index is 1.58. The van der Waals surface area contributed by atoms with E-state index in [2.05, 4.69) is 78.2 Å². The normalized spacial score (nSPS) is 17.8. The van der Waals surface area contributed by atoms with Gasteiger partial charge < -0.3 is 56.5 Å². The van der Waals surface area contributed by atoms with E-state index in [4.69, 9.17) is 41.4 Å². The van der Waals surface area contributed by atoms with E-state index in [9.17, 15) is 0 Å². The van der Waals surface area contributed by atoms with E-state index in [1.54, 1.807) is 7.11 Å². The van der Waals surface area contributed by atoms with Crippen LogP contribution < -0.4 is 0 Å². The van der Waals surface area contributed by atoms with E-state index in [1.807, 2.05) is 0 Å². The van der Waals surface area contributed by atoms with Crippen molar-refractivity contribution in [3.05, 3.63) is 0 Å². The van der Waals surface area contributed by atoms with Crippen LogP contribution in [0.1, 0.15) is 265 Å². The fourth-order valence-corrected chi connectivity index (χ4v) is 14.0. The zero-order valence-corrected chi connectivity index (χ0v) is 56.1. The summed E-state index contributed by atoms with van der Waals surface area (Å²) >= 11 is 0. The standard InChI is InChI=1S/C62H126N9O6P3/c1-9-13-17-21-24-27-30-33-36-40-46-69-52-49-66(5)60(69)63-78(72-8)73-56-44-57-76-80(65-62-68(7)51-54-71(62)48-42-38-35-32-29-26-23-19-15-11-3)77-59-45-58-75-79(74-55-43-39-20-16-12-4)64-61-67(6)50-53-70(61)47-41-37-34-31-28-25-22-18-14-10-2/h9-59H2,1-8H3. The minimum Gasteiger partial charge on any atom is -0.344 e. The molecule has 0 aromatic rings. The Labute approximate surface area is 497 Å². The van der Waals surface area contributed by atoms with Crippen molar-refractivity contribution in [1.29, 1.82) is 0 Å². The molecule has 0 amide bonds. The van der Waals surface area contributed by atoms with Crippen molar-refractivity contribution in [3.8, 4) is 0 Å². The van der Waals surface area contributed by atoms with E-state index in [-0.39, 0.29) is 0 Å². The van der Waals surface area contributed by atoms with Crippen LogP contribution in [0.25, 0.3) is 0 Å². The van der Waals surface area contributed by atoms with Gasteiger partial charge >= 0.3 is 25.6 Å². The molecule has 3 rings (SSSR count).